The molecule has 0 aromatic heterocycles. The van der Waals surface area contributed by atoms with Gasteiger partial charge in [-0.2, -0.15) is 0 Å². The maximum absolute atomic E-state index is 12.6. The van der Waals surface area contributed by atoms with Crippen molar-refractivity contribution < 1.29 is 19.0 Å². The van der Waals surface area contributed by atoms with Crippen LogP contribution in [0.15, 0.2) is 42.5 Å². The van der Waals surface area contributed by atoms with Crippen molar-refractivity contribution in [3.63, 3.8) is 0 Å². The monoisotopic (exact) mass is 410 g/mol. The molecular weight excluding hydrogens is 376 g/mol. The Kier molecular flexibility index (Phi) is 7.35. The fourth-order valence-electron chi connectivity index (χ4n) is 2.85. The van der Waals surface area contributed by atoms with Crippen molar-refractivity contribution >= 4 is 11.9 Å². The number of allylic oxidation sites excluding steroid dienone is 1. The Labute approximate surface area is 180 Å². The molecule has 0 aliphatic carbocycles. The second kappa shape index (κ2) is 9.38. The third-order valence-corrected chi connectivity index (χ3v) is 4.08. The van der Waals surface area contributed by atoms with E-state index in [1.165, 1.54) is 0 Å². The van der Waals surface area contributed by atoms with Gasteiger partial charge >= 0.3 is 0 Å². The van der Waals surface area contributed by atoms with Gasteiger partial charge in [0.15, 0.2) is 5.78 Å². The van der Waals surface area contributed by atoms with Gasteiger partial charge in [0, 0.05) is 11.6 Å². The quantitative estimate of drug-likeness (QED) is 0.379. The van der Waals surface area contributed by atoms with Gasteiger partial charge in [-0.15, -0.1) is 0 Å². The van der Waals surface area contributed by atoms with E-state index in [0.29, 0.717) is 17.9 Å². The molecule has 2 rings (SSSR count). The van der Waals surface area contributed by atoms with Crippen LogP contribution in [-0.2, 0) is 0 Å². The molecule has 0 N–H and O–H groups in total. The predicted octanol–water partition coefficient (Wildman–Crippen LogP) is 6.64. The Balaban J connectivity index is 2.34. The maximum atomic E-state index is 12.6. The second-order valence-corrected chi connectivity index (χ2v) is 9.22. The van der Waals surface area contributed by atoms with Crippen LogP contribution in [0.1, 0.15) is 70.0 Å². The number of carbonyl (C=O) groups is 1. The Hall–Kier alpha value is -2.75. The summed E-state index contributed by atoms with van der Waals surface area (Å²) in [4.78, 5) is 12.6. The number of carbonyl (C=O) groups excluding carboxylic acids is 1. The van der Waals surface area contributed by atoms with Crippen molar-refractivity contribution in [2.75, 3.05) is 6.61 Å². The smallest absolute Gasteiger partial charge is 0.185 e. The normalized spacial score (nSPS) is 12.1. The summed E-state index contributed by atoms with van der Waals surface area (Å²) in [5.41, 5.74) is 1.77. The van der Waals surface area contributed by atoms with Gasteiger partial charge in [-0.25, -0.2) is 0 Å². The summed E-state index contributed by atoms with van der Waals surface area (Å²) in [5.74, 6) is 2.14. The Morgan fingerprint density at radius 1 is 0.900 bits per heavy atom. The molecule has 4 nitrogen and oxygen atoms in total. The highest BCUT2D eigenvalue weighted by molar-refractivity contribution is 6.07. The summed E-state index contributed by atoms with van der Waals surface area (Å²) >= 11 is 0. The van der Waals surface area contributed by atoms with E-state index >= 15 is 0 Å². The maximum Gasteiger partial charge on any atom is 0.185 e. The molecule has 0 saturated heterocycles. The summed E-state index contributed by atoms with van der Waals surface area (Å²) < 4.78 is 17.6. The van der Waals surface area contributed by atoms with Crippen LogP contribution in [0.3, 0.4) is 0 Å². The molecule has 162 valence electrons. The first kappa shape index (κ1) is 23.5. The molecule has 30 heavy (non-hydrogen) atoms. The first-order valence-corrected chi connectivity index (χ1v) is 10.4. The van der Waals surface area contributed by atoms with E-state index in [4.69, 9.17) is 14.2 Å². The van der Waals surface area contributed by atoms with Crippen molar-refractivity contribution in [1.82, 2.24) is 0 Å². The molecule has 0 radical (unpaired) electrons. The van der Waals surface area contributed by atoms with Gasteiger partial charge in [-0.05, 0) is 103 Å². The lowest BCUT2D eigenvalue weighted by Crippen LogP contribution is -2.25. The Morgan fingerprint density at radius 2 is 1.50 bits per heavy atom. The van der Waals surface area contributed by atoms with Gasteiger partial charge in [0.2, 0.25) is 0 Å². The van der Waals surface area contributed by atoms with Gasteiger partial charge in [-0.1, -0.05) is 6.08 Å². The molecule has 0 aliphatic rings. The Morgan fingerprint density at radius 3 is 2.03 bits per heavy atom. The zero-order valence-corrected chi connectivity index (χ0v) is 19.5. The number of rotatable bonds is 7. The first-order valence-electron chi connectivity index (χ1n) is 10.4. The van der Waals surface area contributed by atoms with E-state index in [1.807, 2.05) is 85.7 Å². The number of ether oxygens (including phenoxy) is 3. The van der Waals surface area contributed by atoms with Crippen LogP contribution in [-0.4, -0.2) is 23.6 Å². The minimum absolute atomic E-state index is 0.0714. The molecule has 0 spiro atoms. The van der Waals surface area contributed by atoms with E-state index in [2.05, 4.69) is 0 Å². The van der Waals surface area contributed by atoms with Crippen LogP contribution in [0.4, 0.5) is 0 Å². The summed E-state index contributed by atoms with van der Waals surface area (Å²) in [6.07, 6.45) is 3.40. The topological polar surface area (TPSA) is 44.8 Å². The third-order valence-electron chi connectivity index (χ3n) is 4.08. The third kappa shape index (κ3) is 7.25. The first-order chi connectivity index (χ1) is 13.9. The molecule has 4 heteroatoms. The second-order valence-electron chi connectivity index (χ2n) is 9.22. The molecular formula is C26H34O4. The highest BCUT2D eigenvalue weighted by Crippen LogP contribution is 2.33. The lowest BCUT2D eigenvalue weighted by atomic mass is 10.0. The average molecular weight is 411 g/mol. The van der Waals surface area contributed by atoms with Gasteiger partial charge in [-0.3, -0.25) is 4.79 Å². The summed E-state index contributed by atoms with van der Waals surface area (Å²) in [6, 6.07) is 11.0. The molecule has 0 unspecified atom stereocenters. The van der Waals surface area contributed by atoms with Crippen LogP contribution in [0.2, 0.25) is 0 Å². The van der Waals surface area contributed by atoms with Gasteiger partial charge in [0.1, 0.15) is 28.5 Å². The lowest BCUT2D eigenvalue weighted by Gasteiger charge is -2.26. The summed E-state index contributed by atoms with van der Waals surface area (Å²) in [6.45, 7) is 16.5. The zero-order valence-electron chi connectivity index (χ0n) is 19.5. The zero-order chi connectivity index (χ0) is 22.5. The van der Waals surface area contributed by atoms with Crippen molar-refractivity contribution in [2.24, 2.45) is 0 Å². The number of hydrogen-bond acceptors (Lipinski definition) is 4. The van der Waals surface area contributed by atoms with Crippen LogP contribution < -0.4 is 14.2 Å². The molecule has 0 saturated carbocycles. The number of benzene rings is 2. The molecule has 0 amide bonds. The summed E-state index contributed by atoms with van der Waals surface area (Å²) in [7, 11) is 0. The largest absolute Gasteiger partial charge is 0.494 e. The SMILES string of the molecule is CCOc1ccc(C(=O)C=Cc2cc(OC(C)(C)C)cc(OC(C)(C)C)c2C)cc1. The summed E-state index contributed by atoms with van der Waals surface area (Å²) in [5, 5.41) is 0. The van der Waals surface area contributed by atoms with Crippen LogP contribution in [0.25, 0.3) is 6.08 Å². The van der Waals surface area contributed by atoms with Crippen molar-refractivity contribution in [3.8, 4) is 17.2 Å². The van der Waals surface area contributed by atoms with E-state index in [9.17, 15) is 4.79 Å². The highest BCUT2D eigenvalue weighted by atomic mass is 16.5. The number of hydrogen-bond donors (Lipinski definition) is 0. The van der Waals surface area contributed by atoms with E-state index < -0.39 is 0 Å². The number of ketones is 1. The van der Waals surface area contributed by atoms with Crippen molar-refractivity contribution in [3.05, 3.63) is 59.2 Å². The Bertz CT molecular complexity index is 894. The standard InChI is InChI=1S/C26H34O4/c1-9-28-21-13-10-19(11-14-21)23(27)15-12-20-16-22(29-25(3,4)5)17-24(18(20)2)30-26(6,7)8/h10-17H,9H2,1-8H3. The van der Waals surface area contributed by atoms with E-state index in [0.717, 1.165) is 22.6 Å². The van der Waals surface area contributed by atoms with Crippen LogP contribution >= 0.6 is 0 Å². The average Bonchev–Trinajstić information content (AvgIpc) is 2.61. The predicted molar refractivity (Wildman–Crippen MR) is 123 cm³/mol. The lowest BCUT2D eigenvalue weighted by molar-refractivity contribution is 0.104. The van der Waals surface area contributed by atoms with Crippen molar-refractivity contribution in [2.45, 2.75) is 66.6 Å². The van der Waals surface area contributed by atoms with Gasteiger partial charge in [0.25, 0.3) is 0 Å². The molecule has 0 fully saturated rings. The fourth-order valence-corrected chi connectivity index (χ4v) is 2.85. The van der Waals surface area contributed by atoms with E-state index in [-0.39, 0.29) is 17.0 Å². The molecule has 0 bridgehead atoms. The van der Waals surface area contributed by atoms with Crippen molar-refractivity contribution in [1.29, 1.82) is 0 Å². The van der Waals surface area contributed by atoms with Gasteiger partial charge < -0.3 is 14.2 Å². The van der Waals surface area contributed by atoms with Crippen LogP contribution in [0, 0.1) is 6.92 Å². The van der Waals surface area contributed by atoms with E-state index in [1.54, 1.807) is 18.2 Å². The minimum Gasteiger partial charge on any atom is -0.494 e. The molecule has 2 aromatic carbocycles. The van der Waals surface area contributed by atoms with Gasteiger partial charge in [0.05, 0.1) is 6.61 Å². The molecule has 2 aromatic rings. The van der Waals surface area contributed by atoms with Crippen LogP contribution in [0.5, 0.6) is 17.2 Å². The molecule has 0 atom stereocenters. The molecule has 0 aliphatic heterocycles. The fraction of sp³-hybridized carbons (Fsp3) is 0.423. The highest BCUT2D eigenvalue weighted by Gasteiger charge is 2.18. The molecule has 0 heterocycles. The minimum atomic E-state index is -0.343.